The van der Waals surface area contributed by atoms with Gasteiger partial charge in [-0.1, -0.05) is 58.8 Å². The highest BCUT2D eigenvalue weighted by molar-refractivity contribution is 7.85. The molecule has 0 aromatic heterocycles. The number of unbranched alkanes of at least 4 members (excludes halogenated alkanes) is 7. The molecule has 0 aliphatic carbocycles. The quantitative estimate of drug-likeness (QED) is 0.312. The average molecular weight is 264 g/mol. The van der Waals surface area contributed by atoms with Gasteiger partial charge in [-0.15, -0.1) is 12.6 Å². The predicted molar refractivity (Wildman–Crippen MR) is 79.8 cm³/mol. The van der Waals surface area contributed by atoms with Gasteiger partial charge in [-0.2, -0.15) is 12.6 Å². The maximum Gasteiger partial charge on any atom is 0.111 e. The maximum atomic E-state index is 5.54. The van der Waals surface area contributed by atoms with Gasteiger partial charge in [-0.25, -0.2) is 0 Å². The zero-order valence-corrected chi connectivity index (χ0v) is 12.6. The Morgan fingerprint density at radius 3 is 1.88 bits per heavy atom. The second-order valence-corrected chi connectivity index (χ2v) is 5.80. The molecule has 0 fully saturated rings. The summed E-state index contributed by atoms with van der Waals surface area (Å²) < 4.78 is 5.54. The lowest BCUT2D eigenvalue weighted by Crippen LogP contribution is -2.16. The summed E-state index contributed by atoms with van der Waals surface area (Å²) in [6.45, 7) is 5.09. The third-order valence-electron chi connectivity index (χ3n) is 2.70. The van der Waals surface area contributed by atoms with Crippen molar-refractivity contribution in [3.05, 3.63) is 0 Å². The molecule has 3 heteroatoms. The first-order valence-electron chi connectivity index (χ1n) is 6.66. The lowest BCUT2D eigenvalue weighted by Gasteiger charge is -2.14. The van der Waals surface area contributed by atoms with E-state index in [0.717, 1.165) is 13.0 Å². The zero-order valence-electron chi connectivity index (χ0n) is 10.8. The van der Waals surface area contributed by atoms with Gasteiger partial charge in [0.1, 0.15) is 5.44 Å². The summed E-state index contributed by atoms with van der Waals surface area (Å²) in [5.41, 5.74) is -0.0205. The first kappa shape index (κ1) is 16.7. The summed E-state index contributed by atoms with van der Waals surface area (Å²) in [5.74, 6) is 0. The van der Waals surface area contributed by atoms with E-state index >= 15 is 0 Å². The van der Waals surface area contributed by atoms with E-state index in [9.17, 15) is 0 Å². The summed E-state index contributed by atoms with van der Waals surface area (Å²) in [4.78, 5) is 0. The molecule has 0 N–H and O–H groups in total. The van der Waals surface area contributed by atoms with Crippen LogP contribution in [0.3, 0.4) is 0 Å². The minimum Gasteiger partial charge on any atom is -0.367 e. The standard InChI is InChI=1S/C13H28OS2/c1-3-4-5-6-7-8-9-10-11-14-13(16)12(2)15/h12-13,15-16H,3-11H2,1-2H3. The third kappa shape index (κ3) is 11.2. The molecule has 0 bridgehead atoms. The van der Waals surface area contributed by atoms with E-state index in [0.29, 0.717) is 0 Å². The fourth-order valence-electron chi connectivity index (χ4n) is 1.58. The van der Waals surface area contributed by atoms with Crippen LogP contribution in [-0.2, 0) is 4.74 Å². The largest absolute Gasteiger partial charge is 0.367 e. The van der Waals surface area contributed by atoms with Crippen molar-refractivity contribution in [2.45, 2.75) is 75.9 Å². The molecule has 0 heterocycles. The molecule has 0 saturated heterocycles. The molecule has 16 heavy (non-hydrogen) atoms. The van der Waals surface area contributed by atoms with Crippen molar-refractivity contribution in [2.75, 3.05) is 6.61 Å². The van der Waals surface area contributed by atoms with Crippen LogP contribution in [-0.4, -0.2) is 17.3 Å². The third-order valence-corrected chi connectivity index (χ3v) is 3.80. The highest BCUT2D eigenvalue weighted by atomic mass is 32.1. The summed E-state index contributed by atoms with van der Waals surface area (Å²) in [5, 5.41) is 0.206. The second-order valence-electron chi connectivity index (χ2n) is 4.48. The van der Waals surface area contributed by atoms with Crippen LogP contribution in [0.1, 0.15) is 65.2 Å². The summed E-state index contributed by atoms with van der Waals surface area (Å²) >= 11 is 8.59. The Kier molecular flexibility index (Phi) is 12.6. The molecular formula is C13H28OS2. The van der Waals surface area contributed by atoms with Crippen molar-refractivity contribution in [2.24, 2.45) is 0 Å². The molecule has 0 rings (SSSR count). The SMILES string of the molecule is CCCCCCCCCCOC(S)C(C)S. The van der Waals surface area contributed by atoms with E-state index in [1.54, 1.807) is 0 Å². The molecule has 0 aliphatic rings. The van der Waals surface area contributed by atoms with Crippen LogP contribution in [0.5, 0.6) is 0 Å². The van der Waals surface area contributed by atoms with Gasteiger partial charge >= 0.3 is 0 Å². The van der Waals surface area contributed by atoms with Crippen molar-refractivity contribution in [1.29, 1.82) is 0 Å². The minimum absolute atomic E-state index is 0.0205. The Bertz CT molecular complexity index is 140. The van der Waals surface area contributed by atoms with E-state index in [2.05, 4.69) is 32.2 Å². The molecule has 0 aliphatic heterocycles. The Hall–Kier alpha value is 0.660. The van der Waals surface area contributed by atoms with E-state index in [1.165, 1.54) is 44.9 Å². The Labute approximate surface area is 113 Å². The van der Waals surface area contributed by atoms with Crippen LogP contribution in [0, 0.1) is 0 Å². The van der Waals surface area contributed by atoms with Gasteiger partial charge in [0, 0.05) is 11.9 Å². The normalized spacial score (nSPS) is 15.0. The Balaban J connectivity index is 3.04. The van der Waals surface area contributed by atoms with Crippen molar-refractivity contribution in [1.82, 2.24) is 0 Å². The minimum atomic E-state index is -0.0205. The van der Waals surface area contributed by atoms with Crippen molar-refractivity contribution < 1.29 is 4.74 Å². The highest BCUT2D eigenvalue weighted by Gasteiger charge is 2.07. The van der Waals surface area contributed by atoms with Crippen molar-refractivity contribution >= 4 is 25.3 Å². The fraction of sp³-hybridized carbons (Fsp3) is 1.00. The number of hydrogen-bond acceptors (Lipinski definition) is 3. The molecule has 98 valence electrons. The van der Waals surface area contributed by atoms with E-state index in [-0.39, 0.29) is 10.7 Å². The van der Waals surface area contributed by atoms with E-state index < -0.39 is 0 Å². The van der Waals surface area contributed by atoms with E-state index in [4.69, 9.17) is 4.74 Å². The molecule has 0 aromatic rings. The molecule has 2 atom stereocenters. The lowest BCUT2D eigenvalue weighted by molar-refractivity contribution is 0.111. The molecule has 0 spiro atoms. The van der Waals surface area contributed by atoms with E-state index in [1.807, 2.05) is 6.92 Å². The molecule has 0 radical (unpaired) electrons. The second kappa shape index (κ2) is 12.1. The van der Waals surface area contributed by atoms with Crippen LogP contribution in [0.25, 0.3) is 0 Å². The number of rotatable bonds is 11. The van der Waals surface area contributed by atoms with Gasteiger partial charge in [0.2, 0.25) is 0 Å². The number of hydrogen-bond donors (Lipinski definition) is 2. The van der Waals surface area contributed by atoms with Gasteiger partial charge < -0.3 is 4.74 Å². The number of ether oxygens (including phenoxy) is 1. The molecule has 0 amide bonds. The molecule has 1 nitrogen and oxygen atoms in total. The molecule has 0 aromatic carbocycles. The number of thiol groups is 2. The first-order valence-corrected chi connectivity index (χ1v) is 7.69. The first-order chi connectivity index (χ1) is 7.68. The maximum absolute atomic E-state index is 5.54. The topological polar surface area (TPSA) is 9.23 Å². The predicted octanol–water partition coefficient (Wildman–Crippen LogP) is 4.72. The Morgan fingerprint density at radius 2 is 1.38 bits per heavy atom. The molecular weight excluding hydrogens is 236 g/mol. The van der Waals surface area contributed by atoms with Gasteiger partial charge in [-0.3, -0.25) is 0 Å². The Morgan fingerprint density at radius 1 is 0.875 bits per heavy atom. The van der Waals surface area contributed by atoms with Crippen LogP contribution >= 0.6 is 25.3 Å². The average Bonchev–Trinajstić information content (AvgIpc) is 2.26. The summed E-state index contributed by atoms with van der Waals surface area (Å²) in [6.07, 6.45) is 10.7. The van der Waals surface area contributed by atoms with Gasteiger partial charge in [0.05, 0.1) is 0 Å². The van der Waals surface area contributed by atoms with Crippen LogP contribution in [0.15, 0.2) is 0 Å². The lowest BCUT2D eigenvalue weighted by atomic mass is 10.1. The molecule has 2 unspecified atom stereocenters. The summed E-state index contributed by atoms with van der Waals surface area (Å²) in [7, 11) is 0. The van der Waals surface area contributed by atoms with Crippen LogP contribution in [0.4, 0.5) is 0 Å². The summed E-state index contributed by atoms with van der Waals surface area (Å²) in [6, 6.07) is 0. The van der Waals surface area contributed by atoms with Gasteiger partial charge in [0.15, 0.2) is 0 Å². The highest BCUT2D eigenvalue weighted by Crippen LogP contribution is 2.12. The van der Waals surface area contributed by atoms with Crippen LogP contribution in [0.2, 0.25) is 0 Å². The smallest absolute Gasteiger partial charge is 0.111 e. The van der Waals surface area contributed by atoms with Crippen LogP contribution < -0.4 is 0 Å². The molecule has 0 saturated carbocycles. The van der Waals surface area contributed by atoms with Gasteiger partial charge in [0.25, 0.3) is 0 Å². The van der Waals surface area contributed by atoms with Gasteiger partial charge in [-0.05, 0) is 6.42 Å². The van der Waals surface area contributed by atoms with Crippen molar-refractivity contribution in [3.8, 4) is 0 Å². The fourth-order valence-corrected chi connectivity index (χ4v) is 1.77. The van der Waals surface area contributed by atoms with Crippen molar-refractivity contribution in [3.63, 3.8) is 0 Å². The monoisotopic (exact) mass is 264 g/mol. The zero-order chi connectivity index (χ0) is 12.2.